The number of carboxylic acids is 1. The molecule has 1 heterocycles. The van der Waals surface area contributed by atoms with Crippen LogP contribution < -0.4 is 5.43 Å². The highest BCUT2D eigenvalue weighted by Gasteiger charge is 1.92. The van der Waals surface area contributed by atoms with Crippen molar-refractivity contribution >= 4 is 18.1 Å². The Morgan fingerprint density at radius 2 is 2.64 bits per heavy atom. The summed E-state index contributed by atoms with van der Waals surface area (Å²) in [5.41, 5.74) is 2.23. The van der Waals surface area contributed by atoms with Crippen molar-refractivity contribution in [3.8, 4) is 0 Å². The topological polar surface area (TPSA) is 116 Å². The van der Waals surface area contributed by atoms with Crippen molar-refractivity contribution in [2.24, 2.45) is 5.10 Å². The van der Waals surface area contributed by atoms with E-state index in [1.54, 1.807) is 0 Å². The molecule has 1 aromatic heterocycles. The molecule has 0 atom stereocenters. The van der Waals surface area contributed by atoms with Gasteiger partial charge in [-0.2, -0.15) is 10.3 Å². The Morgan fingerprint density at radius 3 is 3.18 bits per heavy atom. The van der Waals surface area contributed by atoms with Crippen molar-refractivity contribution in [2.75, 3.05) is 5.43 Å². The van der Waals surface area contributed by atoms with E-state index in [0.29, 0.717) is 6.21 Å². The summed E-state index contributed by atoms with van der Waals surface area (Å²) >= 11 is 0. The fraction of sp³-hybridized carbons (Fsp3) is 0. The van der Waals surface area contributed by atoms with Crippen LogP contribution in [-0.4, -0.2) is 37.9 Å². The van der Waals surface area contributed by atoms with Crippen molar-refractivity contribution in [3.05, 3.63) is 0 Å². The number of carbonyl (C=O) groups is 1. The van der Waals surface area contributed by atoms with E-state index in [0.717, 1.165) is 0 Å². The van der Waals surface area contributed by atoms with E-state index < -0.39 is 5.97 Å². The van der Waals surface area contributed by atoms with Gasteiger partial charge in [0.2, 0.25) is 0 Å². The van der Waals surface area contributed by atoms with Gasteiger partial charge in [0.15, 0.2) is 0 Å². The first kappa shape index (κ1) is 7.12. The lowest BCUT2D eigenvalue weighted by atomic mass is 10.8. The second-order valence-corrected chi connectivity index (χ2v) is 1.44. The highest BCUT2D eigenvalue weighted by atomic mass is 16.4. The van der Waals surface area contributed by atoms with E-state index in [-0.39, 0.29) is 5.95 Å². The quantitative estimate of drug-likeness (QED) is 0.369. The molecule has 0 spiro atoms. The molecule has 0 saturated carbocycles. The Morgan fingerprint density at radius 1 is 1.82 bits per heavy atom. The lowest BCUT2D eigenvalue weighted by Crippen LogP contribution is -1.99. The number of anilines is 1. The van der Waals surface area contributed by atoms with Crippen LogP contribution in [0, 0.1) is 0 Å². The summed E-state index contributed by atoms with van der Waals surface area (Å²) in [6.07, 6.45) is 0.677. The summed E-state index contributed by atoms with van der Waals surface area (Å²) < 4.78 is 0. The van der Waals surface area contributed by atoms with Crippen LogP contribution in [0.15, 0.2) is 5.10 Å². The van der Waals surface area contributed by atoms with Crippen molar-refractivity contribution in [1.29, 1.82) is 0 Å². The lowest BCUT2D eigenvalue weighted by Gasteiger charge is -1.85. The maximum absolute atomic E-state index is 9.87. The molecule has 0 aliphatic carbocycles. The Bertz CT molecular complexity index is 253. The van der Waals surface area contributed by atoms with Crippen molar-refractivity contribution in [3.63, 3.8) is 0 Å². The van der Waals surface area contributed by atoms with Gasteiger partial charge in [0.1, 0.15) is 6.21 Å². The molecule has 3 N–H and O–H groups in total. The number of aliphatic carboxylic acids is 1. The van der Waals surface area contributed by atoms with Gasteiger partial charge < -0.3 is 5.11 Å². The van der Waals surface area contributed by atoms with Crippen molar-refractivity contribution in [2.45, 2.75) is 0 Å². The monoisotopic (exact) mass is 156 g/mol. The van der Waals surface area contributed by atoms with Crippen LogP contribution >= 0.6 is 0 Å². The van der Waals surface area contributed by atoms with E-state index in [1.165, 1.54) is 0 Å². The van der Waals surface area contributed by atoms with Crippen LogP contribution in [0.5, 0.6) is 0 Å². The number of carboxylic acid groups (broad SMARTS) is 1. The van der Waals surface area contributed by atoms with E-state index in [2.05, 4.69) is 31.2 Å². The van der Waals surface area contributed by atoms with Gasteiger partial charge in [-0.05, 0) is 5.21 Å². The first-order chi connectivity index (χ1) is 5.29. The molecule has 0 unspecified atom stereocenters. The third kappa shape index (κ3) is 2.39. The molecule has 8 heteroatoms. The number of hydrogen-bond donors (Lipinski definition) is 3. The maximum Gasteiger partial charge on any atom is 0.348 e. The highest BCUT2D eigenvalue weighted by Crippen LogP contribution is 1.87. The average molecular weight is 156 g/mol. The first-order valence-corrected chi connectivity index (χ1v) is 2.54. The van der Waals surface area contributed by atoms with Gasteiger partial charge in [-0.15, -0.1) is 5.10 Å². The molecule has 0 amide bonds. The highest BCUT2D eigenvalue weighted by molar-refractivity contribution is 6.22. The third-order valence-electron chi connectivity index (χ3n) is 0.685. The van der Waals surface area contributed by atoms with Gasteiger partial charge in [-0.3, -0.25) is 0 Å². The van der Waals surface area contributed by atoms with Gasteiger partial charge in [-0.1, -0.05) is 5.10 Å². The van der Waals surface area contributed by atoms with E-state index in [1.807, 2.05) is 0 Å². The minimum Gasteiger partial charge on any atom is -0.477 e. The van der Waals surface area contributed by atoms with Gasteiger partial charge in [0.25, 0.3) is 5.95 Å². The van der Waals surface area contributed by atoms with E-state index in [4.69, 9.17) is 5.11 Å². The number of H-pyrrole nitrogens is 1. The molecule has 0 radical (unpaired) electrons. The van der Waals surface area contributed by atoms with Crippen molar-refractivity contribution < 1.29 is 9.90 Å². The van der Waals surface area contributed by atoms with Crippen LogP contribution in [0.4, 0.5) is 5.95 Å². The summed E-state index contributed by atoms with van der Waals surface area (Å²) in [4.78, 5) is 9.87. The molecule has 58 valence electrons. The zero-order chi connectivity index (χ0) is 8.10. The number of aromatic amines is 1. The number of nitrogens with one attached hydrogen (secondary N) is 2. The second-order valence-electron chi connectivity index (χ2n) is 1.44. The molecular formula is C3H4N6O2. The lowest BCUT2D eigenvalue weighted by molar-refractivity contribution is -0.128. The third-order valence-corrected chi connectivity index (χ3v) is 0.685. The molecule has 0 fully saturated rings. The van der Waals surface area contributed by atoms with Gasteiger partial charge in [0, 0.05) is 0 Å². The number of rotatable bonds is 3. The molecule has 1 aromatic rings. The smallest absolute Gasteiger partial charge is 0.348 e. The second kappa shape index (κ2) is 3.25. The predicted molar refractivity (Wildman–Crippen MR) is 33.9 cm³/mol. The molecular weight excluding hydrogens is 152 g/mol. The number of tetrazole rings is 1. The first-order valence-electron chi connectivity index (χ1n) is 2.54. The molecule has 0 aliphatic rings. The average Bonchev–Trinajstić information content (AvgIpc) is 2.39. The Balaban J connectivity index is 2.40. The number of hydrogen-bond acceptors (Lipinski definition) is 6. The maximum atomic E-state index is 9.87. The van der Waals surface area contributed by atoms with Gasteiger partial charge in [0.05, 0.1) is 0 Å². The van der Waals surface area contributed by atoms with E-state index >= 15 is 0 Å². The summed E-state index contributed by atoms with van der Waals surface area (Å²) in [5, 5.41) is 23.6. The standard InChI is InChI=1S/C3H4N6O2/c10-2(11)1-4-5-3-6-8-9-7-3/h1H,(H,10,11)(H2,5,6,7,8,9)/b4-1-. The van der Waals surface area contributed by atoms with Crippen LogP contribution in [0.25, 0.3) is 0 Å². The summed E-state index contributed by atoms with van der Waals surface area (Å²) in [7, 11) is 0. The minimum absolute atomic E-state index is 0.113. The summed E-state index contributed by atoms with van der Waals surface area (Å²) in [5.74, 6) is -1.04. The molecule has 8 nitrogen and oxygen atoms in total. The predicted octanol–water partition coefficient (Wildman–Crippen LogP) is -1.32. The van der Waals surface area contributed by atoms with Crippen LogP contribution in [0.1, 0.15) is 0 Å². The molecule has 1 rings (SSSR count). The Kier molecular flexibility index (Phi) is 2.10. The van der Waals surface area contributed by atoms with Crippen LogP contribution in [0.3, 0.4) is 0 Å². The Hall–Kier alpha value is -1.99. The Labute approximate surface area is 60.3 Å². The number of aromatic nitrogens is 4. The molecule has 0 bridgehead atoms. The molecule has 0 aliphatic heterocycles. The molecule has 11 heavy (non-hydrogen) atoms. The zero-order valence-corrected chi connectivity index (χ0v) is 5.22. The van der Waals surface area contributed by atoms with Crippen LogP contribution in [-0.2, 0) is 4.79 Å². The SMILES string of the molecule is O=C(O)/C=N\Nc1nn[nH]n1. The van der Waals surface area contributed by atoms with Crippen LogP contribution in [0.2, 0.25) is 0 Å². The van der Waals surface area contributed by atoms with E-state index in [9.17, 15) is 4.79 Å². The normalized spacial score (nSPS) is 10.2. The summed E-state index contributed by atoms with van der Waals surface area (Å²) in [6.45, 7) is 0. The van der Waals surface area contributed by atoms with Gasteiger partial charge >= 0.3 is 5.97 Å². The minimum atomic E-state index is -1.15. The fourth-order valence-corrected chi connectivity index (χ4v) is 0.354. The van der Waals surface area contributed by atoms with Gasteiger partial charge in [-0.25, -0.2) is 10.2 Å². The fourth-order valence-electron chi connectivity index (χ4n) is 0.354. The molecule has 0 aromatic carbocycles. The number of nitrogens with zero attached hydrogens (tertiary/aromatic N) is 4. The molecule has 0 saturated heterocycles. The zero-order valence-electron chi connectivity index (χ0n) is 5.22. The largest absolute Gasteiger partial charge is 0.477 e. The summed E-state index contributed by atoms with van der Waals surface area (Å²) in [6, 6.07) is 0. The van der Waals surface area contributed by atoms with Crippen molar-refractivity contribution in [1.82, 2.24) is 20.6 Å². The number of hydrazone groups is 1.